The van der Waals surface area contributed by atoms with Crippen molar-refractivity contribution in [3.8, 4) is 0 Å². The zero-order chi connectivity index (χ0) is 6.95. The molecule has 0 atom stereocenters. The van der Waals surface area contributed by atoms with E-state index in [1.807, 2.05) is 12.2 Å². The minimum absolute atomic E-state index is 0.750. The van der Waals surface area contributed by atoms with E-state index in [4.69, 9.17) is 4.74 Å². The third kappa shape index (κ3) is 7.28. The Morgan fingerprint density at radius 1 is 1.56 bits per heavy atom. The van der Waals surface area contributed by atoms with Crippen LogP contribution in [0.1, 0.15) is 19.8 Å². The number of hydrogen-bond donors (Lipinski definition) is 0. The highest BCUT2D eigenvalue weighted by Gasteiger charge is 1.74. The van der Waals surface area contributed by atoms with E-state index in [-0.39, 0.29) is 0 Å². The number of rotatable bonds is 5. The first kappa shape index (κ1) is 8.28. The maximum Gasteiger partial charge on any atom is 0.0907 e. The fourth-order valence-electron chi connectivity index (χ4n) is 0.384. The van der Waals surface area contributed by atoms with Gasteiger partial charge >= 0.3 is 0 Å². The van der Waals surface area contributed by atoms with Crippen LogP contribution in [0, 0.1) is 0 Å². The van der Waals surface area contributed by atoms with Gasteiger partial charge in [-0.1, -0.05) is 19.1 Å². The Balaban J connectivity index is 2.90. The van der Waals surface area contributed by atoms with Gasteiger partial charge in [-0.25, -0.2) is 0 Å². The van der Waals surface area contributed by atoms with Gasteiger partial charge in [0.05, 0.1) is 12.9 Å². The zero-order valence-corrected chi connectivity index (χ0v) is 5.97. The van der Waals surface area contributed by atoms with Gasteiger partial charge in [-0.3, -0.25) is 0 Å². The monoisotopic (exact) mass is 126 g/mol. The molecule has 9 heavy (non-hydrogen) atoms. The van der Waals surface area contributed by atoms with Crippen LogP contribution in [0.5, 0.6) is 0 Å². The van der Waals surface area contributed by atoms with Gasteiger partial charge in [0, 0.05) is 0 Å². The van der Waals surface area contributed by atoms with Crippen molar-refractivity contribution in [3.05, 3.63) is 25.0 Å². The average Bonchev–Trinajstić information content (AvgIpc) is 1.89. The highest BCUT2D eigenvalue weighted by atomic mass is 16.5. The van der Waals surface area contributed by atoms with E-state index in [1.54, 1.807) is 6.26 Å². The summed E-state index contributed by atoms with van der Waals surface area (Å²) in [7, 11) is 0. The third-order valence-electron chi connectivity index (χ3n) is 0.868. The molecule has 0 fully saturated rings. The molecule has 0 aromatic rings. The Morgan fingerprint density at radius 2 is 2.33 bits per heavy atom. The van der Waals surface area contributed by atoms with E-state index < -0.39 is 0 Å². The molecular formula is C8H14O. The second kappa shape index (κ2) is 7.28. The standard InChI is InChI=1S/C8H14O/c1-3-5-7-9-8-6-4-2/h3,6,8H,1,4-5,7H2,2H3/b8-6+. The molecule has 0 amide bonds. The largest absolute Gasteiger partial charge is 0.501 e. The summed E-state index contributed by atoms with van der Waals surface area (Å²) in [6.07, 6.45) is 7.54. The lowest BCUT2D eigenvalue weighted by Gasteiger charge is -1.93. The van der Waals surface area contributed by atoms with Crippen LogP contribution in [0.15, 0.2) is 25.0 Å². The second-order valence-corrected chi connectivity index (χ2v) is 1.73. The van der Waals surface area contributed by atoms with Crippen LogP contribution in [0.4, 0.5) is 0 Å². The summed E-state index contributed by atoms with van der Waals surface area (Å²) in [6, 6.07) is 0. The van der Waals surface area contributed by atoms with Crippen molar-refractivity contribution in [1.82, 2.24) is 0 Å². The van der Waals surface area contributed by atoms with Crippen LogP contribution in [0.2, 0.25) is 0 Å². The quantitative estimate of drug-likeness (QED) is 0.312. The van der Waals surface area contributed by atoms with Crippen LogP contribution < -0.4 is 0 Å². The molecule has 0 aliphatic heterocycles. The van der Waals surface area contributed by atoms with Crippen molar-refractivity contribution in [2.24, 2.45) is 0 Å². The predicted molar refractivity (Wildman–Crippen MR) is 40.2 cm³/mol. The summed E-state index contributed by atoms with van der Waals surface area (Å²) in [5.74, 6) is 0. The van der Waals surface area contributed by atoms with Crippen LogP contribution >= 0.6 is 0 Å². The second-order valence-electron chi connectivity index (χ2n) is 1.73. The van der Waals surface area contributed by atoms with E-state index >= 15 is 0 Å². The van der Waals surface area contributed by atoms with E-state index in [1.165, 1.54) is 0 Å². The molecule has 0 spiro atoms. The first-order valence-electron chi connectivity index (χ1n) is 3.29. The maximum atomic E-state index is 5.06. The zero-order valence-electron chi connectivity index (χ0n) is 5.97. The van der Waals surface area contributed by atoms with E-state index in [2.05, 4.69) is 13.5 Å². The minimum Gasteiger partial charge on any atom is -0.501 e. The lowest BCUT2D eigenvalue weighted by atomic mass is 10.4. The Labute approximate surface area is 57.0 Å². The topological polar surface area (TPSA) is 9.23 Å². The fraction of sp³-hybridized carbons (Fsp3) is 0.500. The molecule has 1 heteroatoms. The van der Waals surface area contributed by atoms with Gasteiger partial charge in [0.25, 0.3) is 0 Å². The average molecular weight is 126 g/mol. The summed E-state index contributed by atoms with van der Waals surface area (Å²) < 4.78 is 5.06. The summed E-state index contributed by atoms with van der Waals surface area (Å²) in [5, 5.41) is 0. The first-order valence-corrected chi connectivity index (χ1v) is 3.29. The highest BCUT2D eigenvalue weighted by Crippen LogP contribution is 1.85. The predicted octanol–water partition coefficient (Wildman–Crippen LogP) is 2.50. The molecule has 1 nitrogen and oxygen atoms in total. The first-order chi connectivity index (χ1) is 4.41. The van der Waals surface area contributed by atoms with Crippen LogP contribution in [0.25, 0.3) is 0 Å². The summed E-state index contributed by atoms with van der Waals surface area (Å²) in [6.45, 7) is 6.40. The normalized spacial score (nSPS) is 9.89. The molecule has 0 aliphatic carbocycles. The number of ether oxygens (including phenoxy) is 1. The summed E-state index contributed by atoms with van der Waals surface area (Å²) in [5.41, 5.74) is 0. The smallest absolute Gasteiger partial charge is 0.0907 e. The molecule has 0 saturated heterocycles. The Bertz CT molecular complexity index is 84.6. The molecule has 0 radical (unpaired) electrons. The molecule has 0 aromatic carbocycles. The van der Waals surface area contributed by atoms with Crippen molar-refractivity contribution in [2.45, 2.75) is 19.8 Å². The minimum atomic E-state index is 0.750. The molecular weight excluding hydrogens is 112 g/mol. The lowest BCUT2D eigenvalue weighted by molar-refractivity contribution is 0.255. The van der Waals surface area contributed by atoms with Crippen LogP contribution in [-0.4, -0.2) is 6.61 Å². The molecule has 52 valence electrons. The number of allylic oxidation sites excluding steroid dienone is 1. The third-order valence-corrected chi connectivity index (χ3v) is 0.868. The van der Waals surface area contributed by atoms with E-state index in [9.17, 15) is 0 Å². The van der Waals surface area contributed by atoms with Crippen molar-refractivity contribution in [1.29, 1.82) is 0 Å². The number of hydrogen-bond acceptors (Lipinski definition) is 1. The van der Waals surface area contributed by atoms with Gasteiger partial charge < -0.3 is 4.74 Å². The molecule has 0 aromatic heterocycles. The van der Waals surface area contributed by atoms with Gasteiger partial charge in [-0.15, -0.1) is 6.58 Å². The Hall–Kier alpha value is -0.720. The van der Waals surface area contributed by atoms with Crippen molar-refractivity contribution in [2.75, 3.05) is 6.61 Å². The molecule has 0 unspecified atom stereocenters. The maximum absolute atomic E-state index is 5.06. The van der Waals surface area contributed by atoms with Crippen molar-refractivity contribution < 1.29 is 4.74 Å². The van der Waals surface area contributed by atoms with E-state index in [0.29, 0.717) is 0 Å². The van der Waals surface area contributed by atoms with Gasteiger partial charge in [0.1, 0.15) is 0 Å². The van der Waals surface area contributed by atoms with Crippen molar-refractivity contribution >= 4 is 0 Å². The lowest BCUT2D eigenvalue weighted by Crippen LogP contribution is -1.82. The molecule has 0 N–H and O–H groups in total. The SMILES string of the molecule is C=CCCO/C=C/CC. The molecule has 0 saturated carbocycles. The van der Waals surface area contributed by atoms with Gasteiger partial charge in [0.2, 0.25) is 0 Å². The Kier molecular flexibility index (Phi) is 6.70. The van der Waals surface area contributed by atoms with Gasteiger partial charge in [0.15, 0.2) is 0 Å². The fourth-order valence-corrected chi connectivity index (χ4v) is 0.384. The molecule has 0 bridgehead atoms. The van der Waals surface area contributed by atoms with Gasteiger partial charge in [-0.2, -0.15) is 0 Å². The molecule has 0 rings (SSSR count). The van der Waals surface area contributed by atoms with Crippen molar-refractivity contribution in [3.63, 3.8) is 0 Å². The molecule has 0 heterocycles. The Morgan fingerprint density at radius 3 is 2.89 bits per heavy atom. The van der Waals surface area contributed by atoms with Gasteiger partial charge in [-0.05, 0) is 12.8 Å². The highest BCUT2D eigenvalue weighted by molar-refractivity contribution is 4.72. The van der Waals surface area contributed by atoms with Crippen LogP contribution in [-0.2, 0) is 4.74 Å². The molecule has 0 aliphatic rings. The van der Waals surface area contributed by atoms with Crippen LogP contribution in [0.3, 0.4) is 0 Å². The summed E-state index contributed by atoms with van der Waals surface area (Å²) in [4.78, 5) is 0. The summed E-state index contributed by atoms with van der Waals surface area (Å²) >= 11 is 0. The van der Waals surface area contributed by atoms with E-state index in [0.717, 1.165) is 19.4 Å².